The van der Waals surface area contributed by atoms with Crippen LogP contribution in [0.5, 0.6) is 0 Å². The molecule has 4 nitrogen and oxygen atoms in total. The van der Waals surface area contributed by atoms with Gasteiger partial charge in [0.05, 0.1) is 12.7 Å². The van der Waals surface area contributed by atoms with E-state index < -0.39 is 0 Å². The van der Waals surface area contributed by atoms with Crippen molar-refractivity contribution in [3.05, 3.63) is 35.9 Å². The minimum absolute atomic E-state index is 0.126. The fraction of sp³-hybridized carbons (Fsp3) is 0.357. The van der Waals surface area contributed by atoms with Crippen molar-refractivity contribution in [1.29, 1.82) is 0 Å². The number of hydrogen-bond donors (Lipinski definition) is 2. The Morgan fingerprint density at radius 1 is 1.39 bits per heavy atom. The minimum atomic E-state index is -0.126. The van der Waals surface area contributed by atoms with E-state index in [9.17, 15) is 4.79 Å². The molecule has 0 bridgehead atoms. The third-order valence-electron chi connectivity index (χ3n) is 2.22. The van der Waals surface area contributed by atoms with Crippen molar-refractivity contribution in [3.8, 4) is 0 Å². The molecule has 0 aromatic heterocycles. The lowest BCUT2D eigenvalue weighted by molar-refractivity contribution is -0.116. The van der Waals surface area contributed by atoms with Crippen LogP contribution in [0.4, 0.5) is 5.69 Å². The number of hydrogen-bond acceptors (Lipinski definition) is 3. The maximum absolute atomic E-state index is 11.4. The van der Waals surface area contributed by atoms with Crippen LogP contribution in [-0.2, 0) is 9.53 Å². The average Bonchev–Trinajstić information content (AvgIpc) is 2.34. The Labute approximate surface area is 108 Å². The van der Waals surface area contributed by atoms with E-state index in [1.165, 1.54) is 6.08 Å². The van der Waals surface area contributed by atoms with Crippen LogP contribution in [0.25, 0.3) is 6.08 Å². The Kier molecular flexibility index (Phi) is 5.94. The van der Waals surface area contributed by atoms with E-state index in [2.05, 4.69) is 5.32 Å². The topological polar surface area (TPSA) is 64.3 Å². The molecule has 0 aliphatic carbocycles. The van der Waals surface area contributed by atoms with Crippen molar-refractivity contribution < 1.29 is 9.53 Å². The van der Waals surface area contributed by atoms with Crippen molar-refractivity contribution in [3.63, 3.8) is 0 Å². The Balaban J connectivity index is 2.29. The lowest BCUT2D eigenvalue weighted by atomic mass is 10.2. The number of ether oxygens (including phenoxy) is 1. The molecule has 0 fully saturated rings. The summed E-state index contributed by atoms with van der Waals surface area (Å²) in [5.74, 6) is -0.126. The van der Waals surface area contributed by atoms with E-state index in [4.69, 9.17) is 10.5 Å². The van der Waals surface area contributed by atoms with Gasteiger partial charge >= 0.3 is 0 Å². The van der Waals surface area contributed by atoms with Crippen LogP contribution in [0, 0.1) is 0 Å². The summed E-state index contributed by atoms with van der Waals surface area (Å²) in [4.78, 5) is 11.4. The molecule has 98 valence electrons. The number of nitrogen functional groups attached to an aromatic ring is 1. The second kappa shape index (κ2) is 7.50. The van der Waals surface area contributed by atoms with Crippen LogP contribution in [0.3, 0.4) is 0 Å². The Morgan fingerprint density at radius 3 is 2.67 bits per heavy atom. The predicted molar refractivity (Wildman–Crippen MR) is 74.0 cm³/mol. The third-order valence-corrected chi connectivity index (χ3v) is 2.22. The maximum atomic E-state index is 11.4. The van der Waals surface area contributed by atoms with Gasteiger partial charge in [0.2, 0.25) is 5.91 Å². The van der Waals surface area contributed by atoms with E-state index in [1.54, 1.807) is 18.2 Å². The molecule has 0 saturated carbocycles. The summed E-state index contributed by atoms with van der Waals surface area (Å²) in [6.07, 6.45) is 3.44. The molecule has 1 aromatic rings. The van der Waals surface area contributed by atoms with E-state index >= 15 is 0 Å². The molecule has 0 radical (unpaired) electrons. The second-order valence-corrected chi connectivity index (χ2v) is 4.21. The first-order valence-corrected chi connectivity index (χ1v) is 6.01. The molecule has 3 N–H and O–H groups in total. The number of benzene rings is 1. The number of rotatable bonds is 6. The van der Waals surface area contributed by atoms with E-state index in [0.29, 0.717) is 18.8 Å². The lowest BCUT2D eigenvalue weighted by Crippen LogP contribution is -2.26. The number of carbonyl (C=O) groups excluding carboxylic acids is 1. The molecule has 0 atom stereocenters. The Morgan fingerprint density at radius 2 is 2.06 bits per heavy atom. The largest absolute Gasteiger partial charge is 0.399 e. The summed E-state index contributed by atoms with van der Waals surface area (Å²) >= 11 is 0. The third kappa shape index (κ3) is 6.06. The van der Waals surface area contributed by atoms with Crippen LogP contribution >= 0.6 is 0 Å². The van der Waals surface area contributed by atoms with Gasteiger partial charge in [0, 0.05) is 18.3 Å². The molecule has 0 aliphatic heterocycles. The normalized spacial score (nSPS) is 11.1. The summed E-state index contributed by atoms with van der Waals surface area (Å²) in [5, 5.41) is 2.74. The van der Waals surface area contributed by atoms with Crippen LogP contribution in [0.15, 0.2) is 30.3 Å². The zero-order chi connectivity index (χ0) is 13.4. The van der Waals surface area contributed by atoms with E-state index in [0.717, 1.165) is 5.56 Å². The SMILES string of the molecule is CC(C)OCCNC(=O)/C=C/c1ccc(N)cc1. The number of nitrogens with one attached hydrogen (secondary N) is 1. The van der Waals surface area contributed by atoms with E-state index in [-0.39, 0.29) is 12.0 Å². The highest BCUT2D eigenvalue weighted by atomic mass is 16.5. The molecule has 18 heavy (non-hydrogen) atoms. The van der Waals surface area contributed by atoms with E-state index in [1.807, 2.05) is 26.0 Å². The molecule has 4 heteroatoms. The summed E-state index contributed by atoms with van der Waals surface area (Å²) in [7, 11) is 0. The fourth-order valence-corrected chi connectivity index (χ4v) is 1.31. The molecule has 0 saturated heterocycles. The molecule has 1 rings (SSSR count). The van der Waals surface area contributed by atoms with Crippen LogP contribution in [-0.4, -0.2) is 25.2 Å². The van der Waals surface area contributed by atoms with Gasteiger partial charge in [-0.1, -0.05) is 12.1 Å². The first kappa shape index (κ1) is 14.3. The van der Waals surface area contributed by atoms with Gasteiger partial charge < -0.3 is 15.8 Å². The number of nitrogens with two attached hydrogens (primary N) is 1. The molecule has 0 unspecified atom stereocenters. The quantitative estimate of drug-likeness (QED) is 0.458. The van der Waals surface area contributed by atoms with Gasteiger partial charge in [-0.05, 0) is 37.6 Å². The van der Waals surface area contributed by atoms with Crippen molar-refractivity contribution in [2.45, 2.75) is 20.0 Å². The first-order chi connectivity index (χ1) is 8.58. The monoisotopic (exact) mass is 248 g/mol. The Hall–Kier alpha value is -1.81. The number of anilines is 1. The Bertz CT molecular complexity index is 397. The minimum Gasteiger partial charge on any atom is -0.399 e. The fourth-order valence-electron chi connectivity index (χ4n) is 1.31. The lowest BCUT2D eigenvalue weighted by Gasteiger charge is -2.07. The summed E-state index contributed by atoms with van der Waals surface area (Å²) in [6.45, 7) is 4.97. The second-order valence-electron chi connectivity index (χ2n) is 4.21. The highest BCUT2D eigenvalue weighted by Gasteiger charge is 1.96. The van der Waals surface area contributed by atoms with Crippen LogP contribution in [0.2, 0.25) is 0 Å². The number of amides is 1. The molecule has 0 aliphatic rings. The van der Waals surface area contributed by atoms with Crippen molar-refractivity contribution in [2.75, 3.05) is 18.9 Å². The van der Waals surface area contributed by atoms with Gasteiger partial charge in [0.25, 0.3) is 0 Å². The first-order valence-electron chi connectivity index (χ1n) is 6.01. The molecular formula is C14H20N2O2. The molecule has 1 amide bonds. The molecule has 0 heterocycles. The predicted octanol–water partition coefficient (Wildman–Crippen LogP) is 1.82. The van der Waals surface area contributed by atoms with Gasteiger partial charge in [0.15, 0.2) is 0 Å². The molecular weight excluding hydrogens is 228 g/mol. The smallest absolute Gasteiger partial charge is 0.244 e. The van der Waals surface area contributed by atoms with Crippen molar-refractivity contribution in [1.82, 2.24) is 5.32 Å². The number of carbonyl (C=O) groups is 1. The summed E-state index contributed by atoms with van der Waals surface area (Å²) < 4.78 is 5.32. The molecule has 1 aromatic carbocycles. The van der Waals surface area contributed by atoms with Gasteiger partial charge in [-0.25, -0.2) is 0 Å². The van der Waals surface area contributed by atoms with Gasteiger partial charge in [-0.15, -0.1) is 0 Å². The van der Waals surface area contributed by atoms with Crippen molar-refractivity contribution >= 4 is 17.7 Å². The van der Waals surface area contributed by atoms with Gasteiger partial charge in [-0.2, -0.15) is 0 Å². The van der Waals surface area contributed by atoms with Crippen LogP contribution in [0.1, 0.15) is 19.4 Å². The van der Waals surface area contributed by atoms with Gasteiger partial charge in [-0.3, -0.25) is 4.79 Å². The summed E-state index contributed by atoms with van der Waals surface area (Å²) in [5.41, 5.74) is 7.22. The maximum Gasteiger partial charge on any atom is 0.244 e. The summed E-state index contributed by atoms with van der Waals surface area (Å²) in [6, 6.07) is 7.32. The van der Waals surface area contributed by atoms with Crippen molar-refractivity contribution in [2.24, 2.45) is 0 Å². The highest BCUT2D eigenvalue weighted by Crippen LogP contribution is 2.06. The average molecular weight is 248 g/mol. The van der Waals surface area contributed by atoms with Gasteiger partial charge in [0.1, 0.15) is 0 Å². The zero-order valence-corrected chi connectivity index (χ0v) is 10.8. The highest BCUT2D eigenvalue weighted by molar-refractivity contribution is 5.91. The van der Waals surface area contributed by atoms with Crippen LogP contribution < -0.4 is 11.1 Å². The zero-order valence-electron chi connectivity index (χ0n) is 10.8. The molecule has 0 spiro atoms. The standard InChI is InChI=1S/C14H20N2O2/c1-11(2)18-10-9-16-14(17)8-5-12-3-6-13(15)7-4-12/h3-8,11H,9-10,15H2,1-2H3,(H,16,17)/b8-5+.